The standard InChI is InChI=1S/C34H32FN7O5/c35-26-10-3-1-8-24(26)29-25-9-2-4-11-27(25)42(19-28(43)41-17-20-12-13-21(18-41)15-14-20)32(44)31(37-29)38-33(45)36-23-7-5-6-22(16-23)30-39-34(46)47-40-30/h1-11,16,20-21,31H,12-15,17-19H2,(H2,36,38,45)(H,39,40,46)/t20?,21?,31-/m0/s1. The molecule has 3 fully saturated rings. The normalized spacial score (nSPS) is 20.6. The minimum Gasteiger partial charge on any atom is -0.341 e. The monoisotopic (exact) mass is 637 g/mol. The van der Waals surface area contributed by atoms with Gasteiger partial charge in [-0.15, -0.1) is 0 Å². The summed E-state index contributed by atoms with van der Waals surface area (Å²) in [7, 11) is 0. The van der Waals surface area contributed by atoms with Gasteiger partial charge in [0, 0.05) is 35.5 Å². The van der Waals surface area contributed by atoms with Gasteiger partial charge in [0.25, 0.3) is 5.91 Å². The minimum absolute atomic E-state index is 0.145. The maximum Gasteiger partial charge on any atom is 0.439 e. The summed E-state index contributed by atoms with van der Waals surface area (Å²) in [6.07, 6.45) is 2.89. The first-order valence-corrected chi connectivity index (χ1v) is 15.6. The zero-order valence-corrected chi connectivity index (χ0v) is 25.3. The lowest BCUT2D eigenvalue weighted by Crippen LogP contribution is -2.51. The summed E-state index contributed by atoms with van der Waals surface area (Å²) in [5.74, 6) is -1.04. The third-order valence-electron chi connectivity index (χ3n) is 9.01. The van der Waals surface area contributed by atoms with E-state index in [9.17, 15) is 19.2 Å². The molecule has 2 saturated heterocycles. The Hall–Kier alpha value is -5.59. The number of rotatable bonds is 6. The topological polar surface area (TPSA) is 153 Å². The van der Waals surface area contributed by atoms with Gasteiger partial charge in [0.1, 0.15) is 12.4 Å². The number of aliphatic imine (C=N–C) groups is 1. The van der Waals surface area contributed by atoms with Crippen molar-refractivity contribution in [3.63, 3.8) is 0 Å². The van der Waals surface area contributed by atoms with Crippen LogP contribution >= 0.6 is 0 Å². The second-order valence-electron chi connectivity index (χ2n) is 12.1. The van der Waals surface area contributed by atoms with Crippen LogP contribution in [0.15, 0.2) is 87.1 Å². The Kier molecular flexibility index (Phi) is 8.10. The van der Waals surface area contributed by atoms with E-state index < -0.39 is 29.7 Å². The second-order valence-corrected chi connectivity index (χ2v) is 12.1. The summed E-state index contributed by atoms with van der Waals surface area (Å²) in [5, 5.41) is 8.96. The molecule has 1 aliphatic carbocycles. The first-order chi connectivity index (χ1) is 22.8. The van der Waals surface area contributed by atoms with Crippen LogP contribution in [-0.4, -0.2) is 64.4 Å². The van der Waals surface area contributed by atoms with Crippen LogP contribution in [-0.2, 0) is 9.59 Å². The van der Waals surface area contributed by atoms with Crippen LogP contribution in [0.4, 0.5) is 20.6 Å². The van der Waals surface area contributed by atoms with E-state index in [-0.39, 0.29) is 29.6 Å². The van der Waals surface area contributed by atoms with Gasteiger partial charge in [0.15, 0.2) is 5.82 Å². The fourth-order valence-corrected chi connectivity index (χ4v) is 6.68. The molecule has 12 nitrogen and oxygen atoms in total. The lowest BCUT2D eigenvalue weighted by atomic mass is 9.84. The van der Waals surface area contributed by atoms with Gasteiger partial charge in [0.05, 0.1) is 11.4 Å². The third-order valence-corrected chi connectivity index (χ3v) is 9.01. The molecule has 0 spiro atoms. The zero-order valence-electron chi connectivity index (χ0n) is 25.3. The Morgan fingerprint density at radius 2 is 1.62 bits per heavy atom. The molecule has 1 saturated carbocycles. The summed E-state index contributed by atoms with van der Waals surface area (Å²) < 4.78 is 19.8. The lowest BCUT2D eigenvalue weighted by Gasteiger charge is -2.29. The van der Waals surface area contributed by atoms with Crippen molar-refractivity contribution in [1.82, 2.24) is 20.4 Å². The van der Waals surface area contributed by atoms with Crippen LogP contribution in [0.2, 0.25) is 0 Å². The average molecular weight is 638 g/mol. The average Bonchev–Trinajstić information content (AvgIpc) is 3.23. The number of carbonyl (C=O) groups is 3. The van der Waals surface area contributed by atoms with Gasteiger partial charge in [-0.25, -0.2) is 19.0 Å². The first-order valence-electron chi connectivity index (χ1n) is 15.6. The molecule has 1 aromatic heterocycles. The smallest absolute Gasteiger partial charge is 0.341 e. The van der Waals surface area contributed by atoms with Crippen LogP contribution < -0.4 is 21.3 Å². The molecule has 3 N–H and O–H groups in total. The van der Waals surface area contributed by atoms with Crippen molar-refractivity contribution in [2.24, 2.45) is 16.8 Å². The van der Waals surface area contributed by atoms with Gasteiger partial charge in [0.2, 0.25) is 12.1 Å². The number of H-pyrrole nitrogens is 1. The number of benzene rings is 3. The molecule has 4 aromatic rings. The van der Waals surface area contributed by atoms with E-state index in [1.165, 1.54) is 11.0 Å². The predicted octanol–water partition coefficient (Wildman–Crippen LogP) is 4.15. The van der Waals surface area contributed by atoms with Crippen molar-refractivity contribution in [1.29, 1.82) is 0 Å². The van der Waals surface area contributed by atoms with E-state index in [4.69, 9.17) is 0 Å². The molecule has 0 unspecified atom stereocenters. The zero-order chi connectivity index (χ0) is 32.5. The number of benzodiazepines with no additional fused rings is 1. The van der Waals surface area contributed by atoms with Crippen LogP contribution in [0.25, 0.3) is 11.4 Å². The number of nitrogens with one attached hydrogen (secondary N) is 3. The second kappa shape index (κ2) is 12.7. The number of aromatic amines is 1. The molecule has 4 heterocycles. The van der Waals surface area contributed by atoms with Gasteiger partial charge in [-0.3, -0.25) is 24.0 Å². The van der Waals surface area contributed by atoms with Crippen molar-refractivity contribution in [2.75, 3.05) is 29.9 Å². The van der Waals surface area contributed by atoms with Crippen LogP contribution in [0.1, 0.15) is 36.8 Å². The molecule has 0 radical (unpaired) electrons. The largest absolute Gasteiger partial charge is 0.439 e. The Labute approximate surface area is 268 Å². The predicted molar refractivity (Wildman–Crippen MR) is 171 cm³/mol. The van der Waals surface area contributed by atoms with Crippen molar-refractivity contribution >= 4 is 34.9 Å². The molecule has 13 heteroatoms. The number of hydrogen-bond donors (Lipinski definition) is 3. The van der Waals surface area contributed by atoms with E-state index in [0.29, 0.717) is 47.4 Å². The molecule has 3 aromatic carbocycles. The molecule has 3 aliphatic heterocycles. The maximum atomic E-state index is 15.2. The van der Waals surface area contributed by atoms with E-state index in [1.54, 1.807) is 66.7 Å². The summed E-state index contributed by atoms with van der Waals surface area (Å²) in [4.78, 5) is 63.2. The molecular weight excluding hydrogens is 605 g/mol. The fourth-order valence-electron chi connectivity index (χ4n) is 6.68. The number of urea groups is 1. The molecule has 240 valence electrons. The molecule has 4 aliphatic rings. The highest BCUT2D eigenvalue weighted by Gasteiger charge is 2.37. The van der Waals surface area contributed by atoms with Crippen molar-refractivity contribution < 1.29 is 23.3 Å². The van der Waals surface area contributed by atoms with Gasteiger partial charge < -0.3 is 15.5 Å². The van der Waals surface area contributed by atoms with Crippen molar-refractivity contribution in [3.05, 3.63) is 100 Å². The molecule has 1 atom stereocenters. The van der Waals surface area contributed by atoms with Gasteiger partial charge >= 0.3 is 11.8 Å². The van der Waals surface area contributed by atoms with Gasteiger partial charge in [-0.2, -0.15) is 0 Å². The van der Waals surface area contributed by atoms with Gasteiger partial charge in [-0.05, 0) is 67.9 Å². The fraction of sp³-hybridized carbons (Fsp3) is 0.294. The molecule has 47 heavy (non-hydrogen) atoms. The Morgan fingerprint density at radius 1 is 0.915 bits per heavy atom. The molecule has 8 rings (SSSR count). The lowest BCUT2D eigenvalue weighted by molar-refractivity contribution is -0.132. The Morgan fingerprint density at radius 3 is 2.32 bits per heavy atom. The molecular formula is C34H32FN7O5. The summed E-state index contributed by atoms with van der Waals surface area (Å²) >= 11 is 0. The highest BCUT2D eigenvalue weighted by atomic mass is 19.1. The number of carbonyl (C=O) groups excluding carboxylic acids is 3. The highest BCUT2D eigenvalue weighted by molar-refractivity contribution is 6.21. The van der Waals surface area contributed by atoms with E-state index >= 15 is 4.39 Å². The highest BCUT2D eigenvalue weighted by Crippen LogP contribution is 2.35. The number of nitrogens with zero attached hydrogens (tertiary/aromatic N) is 4. The number of anilines is 2. The number of aromatic nitrogens is 2. The van der Waals surface area contributed by atoms with E-state index in [0.717, 1.165) is 25.7 Å². The molecule has 2 bridgehead atoms. The third kappa shape index (κ3) is 6.28. The summed E-state index contributed by atoms with van der Waals surface area (Å²) in [6, 6.07) is 18.7. The number of fused-ring (bicyclic) bond motifs is 5. The molecule has 4 amide bonds. The van der Waals surface area contributed by atoms with E-state index in [1.807, 2.05) is 4.90 Å². The summed E-state index contributed by atoms with van der Waals surface area (Å²) in [5.41, 5.74) is 1.96. The van der Waals surface area contributed by atoms with Crippen LogP contribution in [0.5, 0.6) is 0 Å². The summed E-state index contributed by atoms with van der Waals surface area (Å²) in [6.45, 7) is 1.05. The van der Waals surface area contributed by atoms with Gasteiger partial charge in [-0.1, -0.05) is 47.6 Å². The van der Waals surface area contributed by atoms with Crippen LogP contribution in [0.3, 0.4) is 0 Å². The SMILES string of the molecule is O=C(Nc1cccc(-c2noc(=O)[nH]2)c1)N[C@@H]1N=C(c2ccccc2F)c2ccccc2N(CC(=O)N2CC3CCC(CC3)C2)C1=O. The first kappa shape index (κ1) is 30.1. The van der Waals surface area contributed by atoms with Crippen molar-refractivity contribution in [2.45, 2.75) is 31.8 Å². The van der Waals surface area contributed by atoms with Crippen LogP contribution in [0, 0.1) is 17.7 Å². The van der Waals surface area contributed by atoms with Crippen molar-refractivity contribution in [3.8, 4) is 11.4 Å². The number of halogens is 1. The number of hydrogen-bond acceptors (Lipinski definition) is 7. The maximum absolute atomic E-state index is 15.2. The minimum atomic E-state index is -1.50. The quantitative estimate of drug-likeness (QED) is 0.289. The van der Waals surface area contributed by atoms with E-state index in [2.05, 4.69) is 30.3 Å². The Balaban J connectivity index is 1.21. The number of para-hydroxylation sites is 1. The Bertz CT molecular complexity index is 1920. The number of amides is 4.